The SMILES string of the molecule is C=Cc1cccc(C(N)C(C)=O)c1. The molecule has 0 heterocycles. The molecule has 2 heteroatoms. The molecule has 1 aromatic carbocycles. The van der Waals surface area contributed by atoms with E-state index in [4.69, 9.17) is 5.73 Å². The summed E-state index contributed by atoms with van der Waals surface area (Å²) in [4.78, 5) is 11.0. The van der Waals surface area contributed by atoms with Crippen molar-refractivity contribution in [2.24, 2.45) is 5.73 Å². The van der Waals surface area contributed by atoms with Gasteiger partial charge in [0.1, 0.15) is 0 Å². The van der Waals surface area contributed by atoms with E-state index in [9.17, 15) is 4.79 Å². The van der Waals surface area contributed by atoms with Crippen molar-refractivity contribution in [1.29, 1.82) is 0 Å². The zero-order chi connectivity index (χ0) is 9.84. The maximum Gasteiger partial charge on any atom is 0.150 e. The molecule has 1 rings (SSSR count). The Labute approximate surface area is 78.1 Å². The fourth-order valence-electron chi connectivity index (χ4n) is 1.11. The van der Waals surface area contributed by atoms with E-state index in [1.165, 1.54) is 6.92 Å². The van der Waals surface area contributed by atoms with Crippen molar-refractivity contribution < 1.29 is 4.79 Å². The van der Waals surface area contributed by atoms with Crippen LogP contribution >= 0.6 is 0 Å². The lowest BCUT2D eigenvalue weighted by Gasteiger charge is -2.08. The summed E-state index contributed by atoms with van der Waals surface area (Å²) in [5, 5.41) is 0. The second-order valence-corrected chi connectivity index (χ2v) is 2.96. The number of carbonyl (C=O) groups is 1. The van der Waals surface area contributed by atoms with Gasteiger partial charge < -0.3 is 5.73 Å². The standard InChI is InChI=1S/C11H13NO/c1-3-9-5-4-6-10(7-9)11(12)8(2)13/h3-7,11H,1,12H2,2H3. The third-order valence-electron chi connectivity index (χ3n) is 1.94. The molecule has 0 spiro atoms. The molecule has 0 amide bonds. The van der Waals surface area contributed by atoms with E-state index in [-0.39, 0.29) is 5.78 Å². The smallest absolute Gasteiger partial charge is 0.150 e. The molecule has 0 saturated heterocycles. The molecule has 2 nitrogen and oxygen atoms in total. The van der Waals surface area contributed by atoms with Gasteiger partial charge in [0.25, 0.3) is 0 Å². The van der Waals surface area contributed by atoms with Crippen LogP contribution in [0.3, 0.4) is 0 Å². The zero-order valence-electron chi connectivity index (χ0n) is 7.66. The second kappa shape index (κ2) is 4.01. The van der Waals surface area contributed by atoms with E-state index in [2.05, 4.69) is 6.58 Å². The lowest BCUT2D eigenvalue weighted by Crippen LogP contribution is -2.18. The number of hydrogen-bond donors (Lipinski definition) is 1. The van der Waals surface area contributed by atoms with Crippen LogP contribution in [0, 0.1) is 0 Å². The fraction of sp³-hybridized carbons (Fsp3) is 0.182. The first kappa shape index (κ1) is 9.68. The van der Waals surface area contributed by atoms with Gasteiger partial charge in [0.15, 0.2) is 5.78 Å². The molecule has 1 unspecified atom stereocenters. The average molecular weight is 175 g/mol. The average Bonchev–Trinajstić information content (AvgIpc) is 2.16. The summed E-state index contributed by atoms with van der Waals surface area (Å²) >= 11 is 0. The van der Waals surface area contributed by atoms with Gasteiger partial charge in [-0.1, -0.05) is 30.9 Å². The highest BCUT2D eigenvalue weighted by Gasteiger charge is 2.10. The van der Waals surface area contributed by atoms with Gasteiger partial charge >= 0.3 is 0 Å². The third-order valence-corrected chi connectivity index (χ3v) is 1.94. The molecule has 0 bridgehead atoms. The molecule has 68 valence electrons. The minimum atomic E-state index is -0.514. The van der Waals surface area contributed by atoms with Crippen LogP contribution in [0.1, 0.15) is 24.1 Å². The Balaban J connectivity index is 3.01. The number of rotatable bonds is 3. The van der Waals surface area contributed by atoms with Crippen LogP contribution in [0.4, 0.5) is 0 Å². The van der Waals surface area contributed by atoms with E-state index >= 15 is 0 Å². The summed E-state index contributed by atoms with van der Waals surface area (Å²) in [5.74, 6) is -0.0267. The number of nitrogens with two attached hydrogens (primary N) is 1. The maximum atomic E-state index is 11.0. The van der Waals surface area contributed by atoms with Crippen LogP contribution in [-0.2, 0) is 4.79 Å². The van der Waals surface area contributed by atoms with Gasteiger partial charge in [0.05, 0.1) is 6.04 Å². The summed E-state index contributed by atoms with van der Waals surface area (Å²) < 4.78 is 0. The van der Waals surface area contributed by atoms with E-state index in [0.717, 1.165) is 11.1 Å². The quantitative estimate of drug-likeness (QED) is 0.762. The van der Waals surface area contributed by atoms with Crippen molar-refractivity contribution in [3.8, 4) is 0 Å². The van der Waals surface area contributed by atoms with Crippen molar-refractivity contribution in [3.63, 3.8) is 0 Å². The molecule has 1 atom stereocenters. The molecule has 2 N–H and O–H groups in total. The van der Waals surface area contributed by atoms with Gasteiger partial charge in [-0.15, -0.1) is 0 Å². The summed E-state index contributed by atoms with van der Waals surface area (Å²) in [6.07, 6.45) is 1.73. The van der Waals surface area contributed by atoms with Crippen molar-refractivity contribution in [2.75, 3.05) is 0 Å². The Morgan fingerprint density at radius 1 is 1.62 bits per heavy atom. The number of Topliss-reactive ketones (excluding diaryl/α,β-unsaturated/α-hetero) is 1. The highest BCUT2D eigenvalue weighted by molar-refractivity contribution is 5.82. The Morgan fingerprint density at radius 2 is 2.31 bits per heavy atom. The minimum absolute atomic E-state index is 0.0267. The second-order valence-electron chi connectivity index (χ2n) is 2.96. The van der Waals surface area contributed by atoms with Crippen molar-refractivity contribution in [2.45, 2.75) is 13.0 Å². The van der Waals surface area contributed by atoms with Crippen molar-refractivity contribution in [1.82, 2.24) is 0 Å². The van der Waals surface area contributed by atoms with E-state index in [0.29, 0.717) is 0 Å². The number of ketones is 1. The van der Waals surface area contributed by atoms with Crippen LogP contribution in [0.5, 0.6) is 0 Å². The molecule has 0 saturated carbocycles. The largest absolute Gasteiger partial charge is 0.318 e. The molecule has 0 fully saturated rings. The monoisotopic (exact) mass is 175 g/mol. The van der Waals surface area contributed by atoms with Crippen molar-refractivity contribution in [3.05, 3.63) is 42.0 Å². The third kappa shape index (κ3) is 2.26. The van der Waals surface area contributed by atoms with Crippen LogP contribution in [0.15, 0.2) is 30.8 Å². The van der Waals surface area contributed by atoms with Gasteiger partial charge in [-0.05, 0) is 24.1 Å². The van der Waals surface area contributed by atoms with E-state index in [1.807, 2.05) is 24.3 Å². The molecule has 0 aliphatic rings. The highest BCUT2D eigenvalue weighted by atomic mass is 16.1. The first-order valence-electron chi connectivity index (χ1n) is 4.13. The summed E-state index contributed by atoms with van der Waals surface area (Å²) in [6, 6.07) is 7.00. The molecule has 0 aliphatic heterocycles. The molecule has 1 aromatic rings. The van der Waals surface area contributed by atoms with Crippen LogP contribution in [0.25, 0.3) is 6.08 Å². The predicted molar refractivity (Wildman–Crippen MR) is 54.1 cm³/mol. The Bertz CT molecular complexity index is 331. The van der Waals surface area contributed by atoms with Gasteiger partial charge in [0.2, 0.25) is 0 Å². The molecular weight excluding hydrogens is 162 g/mol. The lowest BCUT2D eigenvalue weighted by molar-refractivity contribution is -0.118. The highest BCUT2D eigenvalue weighted by Crippen LogP contribution is 2.13. The number of carbonyl (C=O) groups excluding carboxylic acids is 1. The zero-order valence-corrected chi connectivity index (χ0v) is 7.66. The van der Waals surface area contributed by atoms with Crippen LogP contribution in [0.2, 0.25) is 0 Å². The normalized spacial score (nSPS) is 12.2. The van der Waals surface area contributed by atoms with Gasteiger partial charge in [-0.25, -0.2) is 0 Å². The molecule has 0 radical (unpaired) electrons. The number of hydrogen-bond acceptors (Lipinski definition) is 2. The first-order chi connectivity index (χ1) is 6.15. The fourth-order valence-corrected chi connectivity index (χ4v) is 1.11. The van der Waals surface area contributed by atoms with Crippen molar-refractivity contribution >= 4 is 11.9 Å². The topological polar surface area (TPSA) is 43.1 Å². The molecule has 13 heavy (non-hydrogen) atoms. The Kier molecular flexibility index (Phi) is 2.98. The summed E-state index contributed by atoms with van der Waals surface area (Å²) in [5.41, 5.74) is 7.50. The Hall–Kier alpha value is -1.41. The van der Waals surface area contributed by atoms with Gasteiger partial charge in [-0.2, -0.15) is 0 Å². The van der Waals surface area contributed by atoms with E-state index < -0.39 is 6.04 Å². The molecular formula is C11H13NO. The summed E-state index contributed by atoms with van der Waals surface area (Å²) in [7, 11) is 0. The van der Waals surface area contributed by atoms with E-state index in [1.54, 1.807) is 6.08 Å². The Morgan fingerprint density at radius 3 is 2.85 bits per heavy atom. The minimum Gasteiger partial charge on any atom is -0.318 e. The van der Waals surface area contributed by atoms with Crippen LogP contribution < -0.4 is 5.73 Å². The summed E-state index contributed by atoms with van der Waals surface area (Å²) in [6.45, 7) is 5.14. The van der Waals surface area contributed by atoms with Crippen LogP contribution in [-0.4, -0.2) is 5.78 Å². The number of benzene rings is 1. The first-order valence-corrected chi connectivity index (χ1v) is 4.13. The molecule has 0 aliphatic carbocycles. The molecule has 0 aromatic heterocycles. The predicted octanol–water partition coefficient (Wildman–Crippen LogP) is 1.92. The maximum absolute atomic E-state index is 11.0. The van der Waals surface area contributed by atoms with Gasteiger partial charge in [0, 0.05) is 0 Å². The van der Waals surface area contributed by atoms with Gasteiger partial charge in [-0.3, -0.25) is 4.79 Å². The lowest BCUT2D eigenvalue weighted by atomic mass is 10.0.